The molecule has 0 atom stereocenters. The van der Waals surface area contributed by atoms with Crippen molar-refractivity contribution in [1.29, 1.82) is 0 Å². The summed E-state index contributed by atoms with van der Waals surface area (Å²) in [4.78, 5) is 10.7. The van der Waals surface area contributed by atoms with Crippen molar-refractivity contribution >= 4 is 17.3 Å². The van der Waals surface area contributed by atoms with Crippen molar-refractivity contribution in [2.45, 2.75) is 6.54 Å². The Labute approximate surface area is 146 Å². The van der Waals surface area contributed by atoms with E-state index in [1.165, 1.54) is 5.56 Å². The maximum Gasteiger partial charge on any atom is 0.231 e. The summed E-state index contributed by atoms with van der Waals surface area (Å²) in [7, 11) is 2.01. The summed E-state index contributed by atoms with van der Waals surface area (Å²) in [5.74, 6) is 3.07. The molecule has 1 aliphatic rings. The number of rotatable bonds is 5. The molecule has 0 amide bonds. The van der Waals surface area contributed by atoms with Crippen LogP contribution in [0.2, 0.25) is 0 Å². The molecule has 6 nitrogen and oxygen atoms in total. The molecule has 4 rings (SSSR count). The van der Waals surface area contributed by atoms with Crippen molar-refractivity contribution in [3.8, 4) is 11.5 Å². The lowest BCUT2D eigenvalue weighted by atomic mass is 10.2. The van der Waals surface area contributed by atoms with Gasteiger partial charge in [0.25, 0.3) is 0 Å². The molecule has 0 saturated heterocycles. The highest BCUT2D eigenvalue weighted by Crippen LogP contribution is 2.35. The normalized spacial score (nSPS) is 12.0. The first-order valence-electron chi connectivity index (χ1n) is 8.02. The van der Waals surface area contributed by atoms with Crippen LogP contribution in [0.25, 0.3) is 0 Å². The molecular weight excluding hydrogens is 316 g/mol. The van der Waals surface area contributed by atoms with Crippen molar-refractivity contribution in [2.75, 3.05) is 24.1 Å². The first-order valence-corrected chi connectivity index (χ1v) is 8.02. The van der Waals surface area contributed by atoms with Gasteiger partial charge in [0.15, 0.2) is 11.5 Å². The Morgan fingerprint density at radius 3 is 2.72 bits per heavy atom. The monoisotopic (exact) mass is 334 g/mol. The number of ether oxygens (including phenoxy) is 2. The number of aromatic nitrogens is 2. The molecule has 3 aromatic rings. The first-order chi connectivity index (χ1) is 12.3. The summed E-state index contributed by atoms with van der Waals surface area (Å²) in [5, 5.41) is 3.28. The summed E-state index contributed by atoms with van der Waals surface area (Å²) < 4.78 is 10.7. The van der Waals surface area contributed by atoms with Gasteiger partial charge in [-0.25, -0.2) is 9.97 Å². The maximum atomic E-state index is 5.40. The van der Waals surface area contributed by atoms with E-state index < -0.39 is 0 Å². The predicted molar refractivity (Wildman–Crippen MR) is 96.4 cm³/mol. The van der Waals surface area contributed by atoms with Gasteiger partial charge in [0.05, 0.1) is 0 Å². The van der Waals surface area contributed by atoms with Crippen molar-refractivity contribution < 1.29 is 9.47 Å². The zero-order valence-corrected chi connectivity index (χ0v) is 13.8. The van der Waals surface area contributed by atoms with E-state index in [0.717, 1.165) is 35.4 Å². The fourth-order valence-corrected chi connectivity index (χ4v) is 2.68. The zero-order chi connectivity index (χ0) is 17.1. The number of benzene rings is 2. The molecule has 0 spiro atoms. The summed E-state index contributed by atoms with van der Waals surface area (Å²) in [6, 6.07) is 17.9. The highest BCUT2D eigenvalue weighted by Gasteiger charge is 2.13. The molecule has 0 fully saturated rings. The number of hydrogen-bond donors (Lipinski definition) is 1. The van der Waals surface area contributed by atoms with Crippen LogP contribution in [0.15, 0.2) is 60.9 Å². The van der Waals surface area contributed by atoms with Crippen LogP contribution in [0.1, 0.15) is 5.56 Å². The van der Waals surface area contributed by atoms with Crippen LogP contribution in [0.3, 0.4) is 0 Å². The minimum Gasteiger partial charge on any atom is -0.454 e. The maximum absolute atomic E-state index is 5.40. The molecule has 2 aromatic carbocycles. The highest BCUT2D eigenvalue weighted by molar-refractivity contribution is 5.63. The Bertz CT molecular complexity index is 870. The lowest BCUT2D eigenvalue weighted by Crippen LogP contribution is -2.17. The van der Waals surface area contributed by atoms with Gasteiger partial charge in [-0.05, 0) is 17.7 Å². The number of hydrogen-bond acceptors (Lipinski definition) is 6. The third-order valence-electron chi connectivity index (χ3n) is 3.95. The van der Waals surface area contributed by atoms with Gasteiger partial charge in [0, 0.05) is 31.4 Å². The lowest BCUT2D eigenvalue weighted by molar-refractivity contribution is 0.174. The molecule has 0 radical (unpaired) electrons. The van der Waals surface area contributed by atoms with Gasteiger partial charge in [-0.3, -0.25) is 0 Å². The van der Waals surface area contributed by atoms with Gasteiger partial charge in [0.1, 0.15) is 18.0 Å². The van der Waals surface area contributed by atoms with E-state index in [0.29, 0.717) is 0 Å². The van der Waals surface area contributed by atoms with E-state index in [2.05, 4.69) is 32.3 Å². The van der Waals surface area contributed by atoms with E-state index in [9.17, 15) is 0 Å². The summed E-state index contributed by atoms with van der Waals surface area (Å²) in [6.45, 7) is 1.04. The smallest absolute Gasteiger partial charge is 0.231 e. The van der Waals surface area contributed by atoms with Crippen LogP contribution in [-0.4, -0.2) is 23.8 Å². The fourth-order valence-electron chi connectivity index (χ4n) is 2.68. The molecule has 0 bridgehead atoms. The van der Waals surface area contributed by atoms with Crippen LogP contribution in [0.4, 0.5) is 17.3 Å². The van der Waals surface area contributed by atoms with Gasteiger partial charge >= 0.3 is 0 Å². The Hall–Kier alpha value is -3.28. The standard InChI is InChI=1S/C19H18N4O2/c1-23(11-14-5-3-2-4-6-14)19-10-18(20-12-21-19)22-15-7-8-16-17(9-15)25-13-24-16/h2-10,12H,11,13H2,1H3,(H,20,21,22). The second-order valence-corrected chi connectivity index (χ2v) is 5.80. The molecule has 0 unspecified atom stereocenters. The molecule has 2 heterocycles. The van der Waals surface area contributed by atoms with E-state index >= 15 is 0 Å². The van der Waals surface area contributed by atoms with Crippen molar-refractivity contribution in [3.63, 3.8) is 0 Å². The molecular formula is C19H18N4O2. The topological polar surface area (TPSA) is 59.5 Å². The van der Waals surface area contributed by atoms with Gasteiger partial charge < -0.3 is 19.7 Å². The Balaban J connectivity index is 1.49. The second kappa shape index (κ2) is 6.68. The van der Waals surface area contributed by atoms with Crippen LogP contribution < -0.4 is 19.7 Å². The average Bonchev–Trinajstić information content (AvgIpc) is 3.10. The molecule has 0 saturated carbocycles. The third-order valence-corrected chi connectivity index (χ3v) is 3.95. The van der Waals surface area contributed by atoms with Gasteiger partial charge in [-0.15, -0.1) is 0 Å². The van der Waals surface area contributed by atoms with Crippen molar-refractivity contribution in [1.82, 2.24) is 9.97 Å². The largest absolute Gasteiger partial charge is 0.454 e. The molecule has 1 N–H and O–H groups in total. The van der Waals surface area contributed by atoms with Crippen LogP contribution in [0.5, 0.6) is 11.5 Å². The van der Waals surface area contributed by atoms with Crippen LogP contribution in [-0.2, 0) is 6.54 Å². The summed E-state index contributed by atoms with van der Waals surface area (Å²) >= 11 is 0. The number of nitrogens with zero attached hydrogens (tertiary/aromatic N) is 3. The van der Waals surface area contributed by atoms with Gasteiger partial charge in [-0.2, -0.15) is 0 Å². The Morgan fingerprint density at radius 1 is 1.00 bits per heavy atom. The van der Waals surface area contributed by atoms with Gasteiger partial charge in [0.2, 0.25) is 6.79 Å². The Morgan fingerprint density at radius 2 is 1.84 bits per heavy atom. The van der Waals surface area contributed by atoms with Crippen molar-refractivity contribution in [2.24, 2.45) is 0 Å². The predicted octanol–water partition coefficient (Wildman–Crippen LogP) is 3.59. The zero-order valence-electron chi connectivity index (χ0n) is 13.8. The molecule has 1 aliphatic heterocycles. The second-order valence-electron chi connectivity index (χ2n) is 5.80. The van der Waals surface area contributed by atoms with E-state index in [1.54, 1.807) is 6.33 Å². The number of nitrogens with one attached hydrogen (secondary N) is 1. The van der Waals surface area contributed by atoms with E-state index in [1.807, 2.05) is 49.5 Å². The summed E-state index contributed by atoms with van der Waals surface area (Å²) in [5.41, 5.74) is 2.12. The molecule has 25 heavy (non-hydrogen) atoms. The van der Waals surface area contributed by atoms with Crippen LogP contribution in [0, 0.1) is 0 Å². The van der Waals surface area contributed by atoms with Crippen LogP contribution >= 0.6 is 0 Å². The van der Waals surface area contributed by atoms with Gasteiger partial charge in [-0.1, -0.05) is 30.3 Å². The third kappa shape index (κ3) is 3.47. The number of fused-ring (bicyclic) bond motifs is 1. The fraction of sp³-hybridized carbons (Fsp3) is 0.158. The molecule has 1 aromatic heterocycles. The quantitative estimate of drug-likeness (QED) is 0.769. The molecule has 126 valence electrons. The van der Waals surface area contributed by atoms with Crippen molar-refractivity contribution in [3.05, 3.63) is 66.5 Å². The highest BCUT2D eigenvalue weighted by atomic mass is 16.7. The number of anilines is 3. The minimum atomic E-state index is 0.265. The van der Waals surface area contributed by atoms with E-state index in [-0.39, 0.29) is 6.79 Å². The first kappa shape index (κ1) is 15.3. The molecule has 0 aliphatic carbocycles. The minimum absolute atomic E-state index is 0.265. The average molecular weight is 334 g/mol. The SMILES string of the molecule is CN(Cc1ccccc1)c1cc(Nc2ccc3c(c2)OCO3)ncn1. The lowest BCUT2D eigenvalue weighted by Gasteiger charge is -2.18. The Kier molecular flexibility index (Phi) is 4.08. The summed E-state index contributed by atoms with van der Waals surface area (Å²) in [6.07, 6.45) is 1.56. The molecule has 6 heteroatoms. The van der Waals surface area contributed by atoms with E-state index in [4.69, 9.17) is 9.47 Å².